The van der Waals surface area contributed by atoms with E-state index in [0.717, 1.165) is 30.9 Å². The van der Waals surface area contributed by atoms with Crippen LogP contribution in [0.4, 0.5) is 5.69 Å². The summed E-state index contributed by atoms with van der Waals surface area (Å²) in [5, 5.41) is 3.80. The molecule has 6 nitrogen and oxygen atoms in total. The highest BCUT2D eigenvalue weighted by molar-refractivity contribution is 7.91. The molecule has 0 aromatic heterocycles. The first-order valence-corrected chi connectivity index (χ1v) is 10.6. The van der Waals surface area contributed by atoms with E-state index in [1.54, 1.807) is 7.11 Å². The molecule has 1 aromatic rings. The van der Waals surface area contributed by atoms with Gasteiger partial charge in [0.1, 0.15) is 5.75 Å². The predicted molar refractivity (Wildman–Crippen MR) is 106 cm³/mol. The van der Waals surface area contributed by atoms with Gasteiger partial charge in [0.05, 0.1) is 18.6 Å². The van der Waals surface area contributed by atoms with Gasteiger partial charge in [0.25, 0.3) is 0 Å². The Labute approximate surface area is 156 Å². The average Bonchev–Trinajstić information content (AvgIpc) is 2.91. The van der Waals surface area contributed by atoms with Crippen molar-refractivity contribution in [2.45, 2.75) is 18.9 Å². The van der Waals surface area contributed by atoms with E-state index in [1.807, 2.05) is 43.3 Å². The fourth-order valence-electron chi connectivity index (χ4n) is 2.90. The standard InChI is InChI=1S/C17H27N3O3S2/c1-19(2)10-4-11-20(15-9-12-25(21,22)13-15)17(24)18-14-5-7-16(23-3)8-6-14/h5-8,15H,4,9-13H2,1-3H3,(H,18,24)/t15-/m1/s1. The van der Waals surface area contributed by atoms with Gasteiger partial charge in [-0.15, -0.1) is 0 Å². The van der Waals surface area contributed by atoms with Crippen LogP contribution in [0.1, 0.15) is 12.8 Å². The molecular formula is C17H27N3O3S2. The van der Waals surface area contributed by atoms with Gasteiger partial charge in [-0.25, -0.2) is 8.42 Å². The predicted octanol–water partition coefficient (Wildman–Crippen LogP) is 1.83. The molecule has 0 saturated carbocycles. The van der Waals surface area contributed by atoms with Crippen molar-refractivity contribution in [3.8, 4) is 5.75 Å². The number of hydrogen-bond donors (Lipinski definition) is 1. The van der Waals surface area contributed by atoms with E-state index in [2.05, 4.69) is 10.2 Å². The minimum Gasteiger partial charge on any atom is -0.497 e. The molecule has 0 radical (unpaired) electrons. The summed E-state index contributed by atoms with van der Waals surface area (Å²) in [4.78, 5) is 4.15. The summed E-state index contributed by atoms with van der Waals surface area (Å²) in [6.45, 7) is 1.67. The number of benzene rings is 1. The minimum atomic E-state index is -2.95. The first-order valence-electron chi connectivity index (χ1n) is 8.37. The van der Waals surface area contributed by atoms with E-state index in [0.29, 0.717) is 11.5 Å². The molecule has 8 heteroatoms. The second-order valence-corrected chi connectivity index (χ2v) is 9.18. The average molecular weight is 386 g/mol. The van der Waals surface area contributed by atoms with Gasteiger partial charge in [-0.2, -0.15) is 0 Å². The number of anilines is 1. The van der Waals surface area contributed by atoms with Crippen LogP contribution in [-0.2, 0) is 9.84 Å². The SMILES string of the molecule is COc1ccc(NC(=S)N(CCCN(C)C)[C@@H]2CCS(=O)(=O)C2)cc1. The number of ether oxygens (including phenoxy) is 1. The summed E-state index contributed by atoms with van der Waals surface area (Å²) >= 11 is 5.58. The zero-order valence-electron chi connectivity index (χ0n) is 15.1. The molecule has 1 atom stereocenters. The van der Waals surface area contributed by atoms with Crippen LogP contribution >= 0.6 is 12.2 Å². The highest BCUT2D eigenvalue weighted by Crippen LogP contribution is 2.21. The van der Waals surface area contributed by atoms with E-state index in [9.17, 15) is 8.42 Å². The molecule has 1 fully saturated rings. The highest BCUT2D eigenvalue weighted by atomic mass is 32.2. The highest BCUT2D eigenvalue weighted by Gasteiger charge is 2.33. The molecule has 1 N–H and O–H groups in total. The van der Waals surface area contributed by atoms with Crippen LogP contribution in [0.2, 0.25) is 0 Å². The monoisotopic (exact) mass is 385 g/mol. The lowest BCUT2D eigenvalue weighted by Crippen LogP contribution is -2.44. The number of hydrogen-bond acceptors (Lipinski definition) is 5. The van der Waals surface area contributed by atoms with Gasteiger partial charge < -0.3 is 19.9 Å². The molecule has 0 spiro atoms. The molecule has 140 valence electrons. The summed E-state index contributed by atoms with van der Waals surface area (Å²) in [7, 11) is 2.72. The van der Waals surface area contributed by atoms with Crippen molar-refractivity contribution in [1.82, 2.24) is 9.80 Å². The third-order valence-corrected chi connectivity index (χ3v) is 6.34. The van der Waals surface area contributed by atoms with Crippen LogP contribution in [-0.4, -0.2) is 75.2 Å². The van der Waals surface area contributed by atoms with Crippen molar-refractivity contribution in [1.29, 1.82) is 0 Å². The number of nitrogens with one attached hydrogen (secondary N) is 1. The number of thiocarbonyl (C=S) groups is 1. The van der Waals surface area contributed by atoms with Crippen LogP contribution in [0.3, 0.4) is 0 Å². The molecular weight excluding hydrogens is 358 g/mol. The summed E-state index contributed by atoms with van der Waals surface area (Å²) in [5.41, 5.74) is 0.865. The van der Waals surface area contributed by atoms with Crippen molar-refractivity contribution in [2.75, 3.05) is 51.1 Å². The van der Waals surface area contributed by atoms with E-state index < -0.39 is 9.84 Å². The normalized spacial score (nSPS) is 19.0. The summed E-state index contributed by atoms with van der Waals surface area (Å²) in [6, 6.07) is 7.47. The van der Waals surface area contributed by atoms with E-state index >= 15 is 0 Å². The second kappa shape index (κ2) is 8.82. The maximum atomic E-state index is 11.9. The van der Waals surface area contributed by atoms with Crippen molar-refractivity contribution < 1.29 is 13.2 Å². The lowest BCUT2D eigenvalue weighted by atomic mass is 10.2. The molecule has 1 aliphatic heterocycles. The Morgan fingerprint density at radius 3 is 2.48 bits per heavy atom. The van der Waals surface area contributed by atoms with Crippen LogP contribution in [0.5, 0.6) is 5.75 Å². The van der Waals surface area contributed by atoms with Crippen LogP contribution in [0.15, 0.2) is 24.3 Å². The van der Waals surface area contributed by atoms with Gasteiger partial charge in [-0.1, -0.05) is 0 Å². The largest absolute Gasteiger partial charge is 0.497 e. The number of rotatable bonds is 7. The smallest absolute Gasteiger partial charge is 0.173 e. The van der Waals surface area contributed by atoms with Crippen molar-refractivity contribution in [3.63, 3.8) is 0 Å². The third-order valence-electron chi connectivity index (χ3n) is 4.26. The fraction of sp³-hybridized carbons (Fsp3) is 0.588. The molecule has 2 rings (SSSR count). The summed E-state index contributed by atoms with van der Waals surface area (Å²) < 4.78 is 28.9. The van der Waals surface area contributed by atoms with Gasteiger partial charge in [-0.3, -0.25) is 0 Å². The first kappa shape index (κ1) is 19.9. The van der Waals surface area contributed by atoms with Crippen molar-refractivity contribution in [3.05, 3.63) is 24.3 Å². The Hall–Kier alpha value is -1.38. The quantitative estimate of drug-likeness (QED) is 0.719. The van der Waals surface area contributed by atoms with Gasteiger partial charge >= 0.3 is 0 Å². The van der Waals surface area contributed by atoms with Crippen LogP contribution in [0.25, 0.3) is 0 Å². The first-order chi connectivity index (χ1) is 11.8. The lowest BCUT2D eigenvalue weighted by Gasteiger charge is -2.31. The summed E-state index contributed by atoms with van der Waals surface area (Å²) in [5.74, 6) is 1.20. The number of nitrogens with zero attached hydrogens (tertiary/aromatic N) is 2. The Kier molecular flexibility index (Phi) is 7.04. The zero-order valence-corrected chi connectivity index (χ0v) is 16.7. The van der Waals surface area contributed by atoms with Crippen molar-refractivity contribution >= 4 is 32.9 Å². The van der Waals surface area contributed by atoms with Gasteiger partial charge in [0, 0.05) is 18.3 Å². The van der Waals surface area contributed by atoms with Crippen LogP contribution < -0.4 is 10.1 Å². The molecule has 0 bridgehead atoms. The van der Waals surface area contributed by atoms with E-state index in [-0.39, 0.29) is 17.5 Å². The fourth-order valence-corrected chi connectivity index (χ4v) is 4.99. The minimum absolute atomic E-state index is 0.0505. The molecule has 1 aliphatic rings. The Morgan fingerprint density at radius 1 is 1.28 bits per heavy atom. The molecule has 0 amide bonds. The van der Waals surface area contributed by atoms with Crippen LogP contribution in [0, 0.1) is 0 Å². The van der Waals surface area contributed by atoms with Crippen molar-refractivity contribution in [2.24, 2.45) is 0 Å². The molecule has 1 saturated heterocycles. The van der Waals surface area contributed by atoms with E-state index in [4.69, 9.17) is 17.0 Å². The molecule has 1 aromatic carbocycles. The topological polar surface area (TPSA) is 61.9 Å². The number of sulfone groups is 1. The molecule has 1 heterocycles. The molecule has 0 unspecified atom stereocenters. The van der Waals surface area contributed by atoms with Gasteiger partial charge in [0.15, 0.2) is 14.9 Å². The third kappa shape index (κ3) is 6.13. The zero-order chi connectivity index (χ0) is 18.4. The lowest BCUT2D eigenvalue weighted by molar-refractivity contribution is 0.306. The Balaban J connectivity index is 2.05. The number of methoxy groups -OCH3 is 1. The maximum absolute atomic E-state index is 11.9. The molecule has 0 aliphatic carbocycles. The molecule has 25 heavy (non-hydrogen) atoms. The Morgan fingerprint density at radius 2 is 1.96 bits per heavy atom. The maximum Gasteiger partial charge on any atom is 0.173 e. The van der Waals surface area contributed by atoms with E-state index in [1.165, 1.54) is 0 Å². The van der Waals surface area contributed by atoms with Gasteiger partial charge in [-0.05, 0) is 70.0 Å². The Bertz CT molecular complexity index is 675. The second-order valence-electron chi connectivity index (χ2n) is 6.57. The van der Waals surface area contributed by atoms with Gasteiger partial charge in [0.2, 0.25) is 0 Å². The summed E-state index contributed by atoms with van der Waals surface area (Å²) in [6.07, 6.45) is 1.56.